The summed E-state index contributed by atoms with van der Waals surface area (Å²) in [4.78, 5) is 26.2. The molecule has 0 atom stereocenters. The highest BCUT2D eigenvalue weighted by Crippen LogP contribution is 2.28. The van der Waals surface area contributed by atoms with Crippen molar-refractivity contribution in [3.63, 3.8) is 0 Å². The van der Waals surface area contributed by atoms with Crippen LogP contribution in [0.5, 0.6) is 0 Å². The number of benzene rings is 1. The first-order chi connectivity index (χ1) is 9.99. The zero-order valence-electron chi connectivity index (χ0n) is 10.7. The number of nitrogens with two attached hydrogens (primary N) is 1. The van der Waals surface area contributed by atoms with Crippen LogP contribution in [-0.4, -0.2) is 21.0 Å². The number of aromatic carboxylic acids is 1. The Balaban J connectivity index is 2.27. The van der Waals surface area contributed by atoms with Gasteiger partial charge in [-0.25, -0.2) is 9.78 Å². The van der Waals surface area contributed by atoms with E-state index in [9.17, 15) is 20.0 Å². The molecule has 108 valence electrons. The Morgan fingerprint density at radius 2 is 2.14 bits per heavy atom. The van der Waals surface area contributed by atoms with E-state index in [4.69, 9.17) is 5.73 Å². The Kier molecular flexibility index (Phi) is 4.39. The molecule has 3 N–H and O–H groups in total. The average molecular weight is 305 g/mol. The molecule has 2 rings (SSSR count). The molecule has 0 radical (unpaired) electrons. The summed E-state index contributed by atoms with van der Waals surface area (Å²) in [6.07, 6.45) is 1.57. The van der Waals surface area contributed by atoms with Gasteiger partial charge >= 0.3 is 5.97 Å². The summed E-state index contributed by atoms with van der Waals surface area (Å²) >= 11 is 1.33. The fourth-order valence-electron chi connectivity index (χ4n) is 1.74. The van der Waals surface area contributed by atoms with Crippen molar-refractivity contribution in [1.29, 1.82) is 0 Å². The van der Waals surface area contributed by atoms with Gasteiger partial charge < -0.3 is 10.8 Å². The second kappa shape index (κ2) is 6.23. The summed E-state index contributed by atoms with van der Waals surface area (Å²) in [6, 6.07) is 7.61. The Bertz CT molecular complexity index is 688. The molecule has 0 fully saturated rings. The van der Waals surface area contributed by atoms with Gasteiger partial charge in [-0.1, -0.05) is 12.1 Å². The maximum atomic E-state index is 11.3. The fraction of sp³-hybridized carbons (Fsp3) is 0.0769. The standard InChI is InChI=1S/C13H11N3O4S/c14-11-5-4-9(6-15-11)21-7-8-2-1-3-10(16(19)20)12(8)13(17)18/h1-6H,7H2,(H2,14,15)(H,17,18). The van der Waals surface area contributed by atoms with Gasteiger partial charge in [0.15, 0.2) is 0 Å². The molecule has 1 aromatic heterocycles. The van der Waals surface area contributed by atoms with Crippen LogP contribution in [0.1, 0.15) is 15.9 Å². The largest absolute Gasteiger partial charge is 0.477 e. The van der Waals surface area contributed by atoms with E-state index in [2.05, 4.69) is 4.98 Å². The minimum Gasteiger partial charge on any atom is -0.477 e. The number of thioether (sulfide) groups is 1. The van der Waals surface area contributed by atoms with Gasteiger partial charge in [0.25, 0.3) is 5.69 Å². The predicted octanol–water partition coefficient (Wildman–Crippen LogP) is 2.56. The number of hydrogen-bond donors (Lipinski definition) is 2. The van der Waals surface area contributed by atoms with E-state index in [0.717, 1.165) is 4.90 Å². The summed E-state index contributed by atoms with van der Waals surface area (Å²) in [5.74, 6) is -0.635. The van der Waals surface area contributed by atoms with Gasteiger partial charge in [-0.15, -0.1) is 11.8 Å². The number of rotatable bonds is 5. The smallest absolute Gasteiger partial charge is 0.343 e. The third-order valence-corrected chi connectivity index (χ3v) is 3.72. The highest BCUT2D eigenvalue weighted by atomic mass is 32.2. The van der Waals surface area contributed by atoms with Crippen molar-refractivity contribution in [1.82, 2.24) is 4.98 Å². The van der Waals surface area contributed by atoms with Gasteiger partial charge in [0, 0.05) is 22.9 Å². The first-order valence-electron chi connectivity index (χ1n) is 5.83. The maximum Gasteiger partial charge on any atom is 0.343 e. The molecule has 0 aliphatic carbocycles. The third kappa shape index (κ3) is 3.48. The van der Waals surface area contributed by atoms with Crippen molar-refractivity contribution in [2.75, 3.05) is 5.73 Å². The average Bonchev–Trinajstić information content (AvgIpc) is 2.46. The highest BCUT2D eigenvalue weighted by Gasteiger charge is 2.23. The number of carboxylic acid groups (broad SMARTS) is 1. The van der Waals surface area contributed by atoms with Crippen LogP contribution in [0.2, 0.25) is 0 Å². The molecule has 8 heteroatoms. The summed E-state index contributed by atoms with van der Waals surface area (Å²) in [5, 5.41) is 20.1. The number of nitrogen functional groups attached to an aromatic ring is 1. The number of pyridine rings is 1. The highest BCUT2D eigenvalue weighted by molar-refractivity contribution is 7.98. The zero-order valence-corrected chi connectivity index (χ0v) is 11.5. The van der Waals surface area contributed by atoms with Gasteiger partial charge in [0.2, 0.25) is 0 Å². The lowest BCUT2D eigenvalue weighted by atomic mass is 10.1. The van der Waals surface area contributed by atoms with Gasteiger partial charge in [-0.3, -0.25) is 10.1 Å². The van der Waals surface area contributed by atoms with E-state index in [1.165, 1.54) is 23.9 Å². The molecular formula is C13H11N3O4S. The molecule has 0 unspecified atom stereocenters. The predicted molar refractivity (Wildman–Crippen MR) is 78.3 cm³/mol. The first kappa shape index (κ1) is 14.8. The number of nitro groups is 1. The number of aromatic nitrogens is 1. The Morgan fingerprint density at radius 1 is 1.38 bits per heavy atom. The zero-order chi connectivity index (χ0) is 15.4. The molecule has 0 aliphatic heterocycles. The molecule has 1 aromatic carbocycles. The molecular weight excluding hydrogens is 294 g/mol. The lowest BCUT2D eigenvalue weighted by molar-refractivity contribution is -0.385. The van der Waals surface area contributed by atoms with Crippen LogP contribution < -0.4 is 5.73 Å². The van der Waals surface area contributed by atoms with E-state index >= 15 is 0 Å². The van der Waals surface area contributed by atoms with E-state index in [-0.39, 0.29) is 11.3 Å². The van der Waals surface area contributed by atoms with Crippen LogP contribution in [0, 0.1) is 10.1 Å². The topological polar surface area (TPSA) is 119 Å². The summed E-state index contributed by atoms with van der Waals surface area (Å²) in [7, 11) is 0. The molecule has 0 saturated carbocycles. The van der Waals surface area contributed by atoms with Crippen LogP contribution in [0.15, 0.2) is 41.4 Å². The van der Waals surface area contributed by atoms with Crippen molar-refractivity contribution in [3.8, 4) is 0 Å². The van der Waals surface area contributed by atoms with E-state index in [1.54, 1.807) is 24.4 Å². The minimum atomic E-state index is -1.31. The van der Waals surface area contributed by atoms with Crippen LogP contribution in [0.4, 0.5) is 11.5 Å². The van der Waals surface area contributed by atoms with Crippen LogP contribution in [0.3, 0.4) is 0 Å². The Hall–Kier alpha value is -2.61. The number of carbonyl (C=O) groups is 1. The van der Waals surface area contributed by atoms with Gasteiger partial charge in [0.05, 0.1) is 4.92 Å². The number of anilines is 1. The fourth-order valence-corrected chi connectivity index (χ4v) is 2.60. The van der Waals surface area contributed by atoms with Crippen molar-refractivity contribution in [3.05, 3.63) is 57.8 Å². The lowest BCUT2D eigenvalue weighted by Gasteiger charge is -2.06. The van der Waals surface area contributed by atoms with E-state index in [1.807, 2.05) is 0 Å². The summed E-state index contributed by atoms with van der Waals surface area (Å²) in [5.41, 5.74) is 5.18. The molecule has 0 saturated heterocycles. The normalized spacial score (nSPS) is 10.3. The number of nitrogens with zero attached hydrogens (tertiary/aromatic N) is 2. The Labute approximate surface area is 124 Å². The summed E-state index contributed by atoms with van der Waals surface area (Å²) in [6.45, 7) is 0. The third-order valence-electron chi connectivity index (χ3n) is 2.69. The lowest BCUT2D eigenvalue weighted by Crippen LogP contribution is -2.06. The van der Waals surface area contributed by atoms with Crippen molar-refractivity contribution < 1.29 is 14.8 Å². The van der Waals surface area contributed by atoms with E-state index in [0.29, 0.717) is 11.4 Å². The molecule has 0 spiro atoms. The second-order valence-electron chi connectivity index (χ2n) is 4.08. The van der Waals surface area contributed by atoms with Crippen LogP contribution in [-0.2, 0) is 5.75 Å². The number of nitro benzene ring substituents is 1. The number of hydrogen-bond acceptors (Lipinski definition) is 6. The second-order valence-corrected chi connectivity index (χ2v) is 5.13. The summed E-state index contributed by atoms with van der Waals surface area (Å²) < 4.78 is 0. The SMILES string of the molecule is Nc1ccc(SCc2cccc([N+](=O)[O-])c2C(=O)O)cn1. The molecule has 1 heterocycles. The monoisotopic (exact) mass is 305 g/mol. The van der Waals surface area contributed by atoms with Crippen molar-refractivity contribution >= 4 is 29.2 Å². The van der Waals surface area contributed by atoms with E-state index < -0.39 is 16.6 Å². The van der Waals surface area contributed by atoms with Crippen molar-refractivity contribution in [2.24, 2.45) is 0 Å². The first-order valence-corrected chi connectivity index (χ1v) is 6.81. The minimum absolute atomic E-state index is 0.279. The molecule has 0 bridgehead atoms. The van der Waals surface area contributed by atoms with Crippen molar-refractivity contribution in [2.45, 2.75) is 10.6 Å². The van der Waals surface area contributed by atoms with Gasteiger partial charge in [0.1, 0.15) is 11.4 Å². The van der Waals surface area contributed by atoms with Gasteiger partial charge in [-0.05, 0) is 17.7 Å². The quantitative estimate of drug-likeness (QED) is 0.495. The molecule has 0 aliphatic rings. The molecule has 21 heavy (non-hydrogen) atoms. The maximum absolute atomic E-state index is 11.3. The molecule has 2 aromatic rings. The Morgan fingerprint density at radius 3 is 2.71 bits per heavy atom. The van der Waals surface area contributed by atoms with Crippen LogP contribution >= 0.6 is 11.8 Å². The van der Waals surface area contributed by atoms with Crippen LogP contribution in [0.25, 0.3) is 0 Å². The van der Waals surface area contributed by atoms with Gasteiger partial charge in [-0.2, -0.15) is 0 Å². The molecule has 0 amide bonds. The molecule has 7 nitrogen and oxygen atoms in total. The number of carboxylic acids is 1.